The van der Waals surface area contributed by atoms with E-state index in [1.165, 1.54) is 17.6 Å². The SMILES string of the molecule is CCOC(=O)c1c(NC(=O)C(=O)N/N=C\c2cc(Br)ccc2OC(=O)c2ccccc2)sc2c1CC[C@H](C)C2. The number of amides is 2. The van der Waals surface area contributed by atoms with Gasteiger partial charge in [0.15, 0.2) is 0 Å². The Morgan fingerprint density at radius 1 is 1.10 bits per heavy atom. The van der Waals surface area contributed by atoms with Crippen molar-refractivity contribution in [1.82, 2.24) is 5.43 Å². The third-order valence-corrected chi connectivity index (χ3v) is 7.64. The van der Waals surface area contributed by atoms with E-state index in [4.69, 9.17) is 9.47 Å². The summed E-state index contributed by atoms with van der Waals surface area (Å²) in [7, 11) is 0. The smallest absolute Gasteiger partial charge is 0.343 e. The first-order valence-electron chi connectivity index (χ1n) is 12.3. The maximum Gasteiger partial charge on any atom is 0.343 e. The first-order chi connectivity index (χ1) is 18.8. The number of carbonyl (C=O) groups excluding carboxylic acids is 4. The molecule has 202 valence electrons. The lowest BCUT2D eigenvalue weighted by Gasteiger charge is -2.18. The summed E-state index contributed by atoms with van der Waals surface area (Å²) in [4.78, 5) is 51.3. The van der Waals surface area contributed by atoms with Gasteiger partial charge < -0.3 is 14.8 Å². The molecule has 0 saturated carbocycles. The summed E-state index contributed by atoms with van der Waals surface area (Å²) >= 11 is 4.64. The predicted octanol–water partition coefficient (Wildman–Crippen LogP) is 5.12. The molecule has 0 bridgehead atoms. The number of carbonyl (C=O) groups is 4. The van der Waals surface area contributed by atoms with Crippen molar-refractivity contribution < 1.29 is 28.7 Å². The van der Waals surface area contributed by atoms with Gasteiger partial charge in [-0.25, -0.2) is 15.0 Å². The first-order valence-corrected chi connectivity index (χ1v) is 13.9. The zero-order chi connectivity index (χ0) is 27.9. The lowest BCUT2D eigenvalue weighted by Crippen LogP contribution is -2.32. The number of thiophene rings is 1. The molecule has 0 unspecified atom stereocenters. The molecule has 1 aliphatic carbocycles. The molecule has 11 heteroatoms. The Labute approximate surface area is 237 Å². The van der Waals surface area contributed by atoms with Crippen molar-refractivity contribution in [3.8, 4) is 5.75 Å². The van der Waals surface area contributed by atoms with E-state index in [9.17, 15) is 19.2 Å². The molecule has 0 aliphatic heterocycles. The number of rotatable bonds is 7. The molecule has 1 aromatic heterocycles. The maximum atomic E-state index is 12.7. The maximum absolute atomic E-state index is 12.7. The first kappa shape index (κ1) is 28.2. The number of nitrogens with zero attached hydrogens (tertiary/aromatic N) is 1. The van der Waals surface area contributed by atoms with Crippen LogP contribution >= 0.6 is 27.3 Å². The summed E-state index contributed by atoms with van der Waals surface area (Å²) in [5.74, 6) is -2.41. The number of esters is 2. The highest BCUT2D eigenvalue weighted by Crippen LogP contribution is 2.40. The van der Waals surface area contributed by atoms with Crippen LogP contribution in [-0.2, 0) is 27.2 Å². The number of ether oxygens (including phenoxy) is 2. The van der Waals surface area contributed by atoms with E-state index in [1.807, 2.05) is 0 Å². The van der Waals surface area contributed by atoms with Gasteiger partial charge in [0.1, 0.15) is 10.8 Å². The highest BCUT2D eigenvalue weighted by molar-refractivity contribution is 9.10. The van der Waals surface area contributed by atoms with Crippen molar-refractivity contribution in [3.63, 3.8) is 0 Å². The molecule has 2 N–H and O–H groups in total. The second kappa shape index (κ2) is 12.8. The summed E-state index contributed by atoms with van der Waals surface area (Å²) in [5.41, 5.74) is 4.12. The third kappa shape index (κ3) is 6.98. The van der Waals surface area contributed by atoms with Gasteiger partial charge in [0, 0.05) is 14.9 Å². The Balaban J connectivity index is 1.45. The van der Waals surface area contributed by atoms with E-state index >= 15 is 0 Å². The number of hydrazone groups is 1. The monoisotopic (exact) mass is 611 g/mol. The molecule has 39 heavy (non-hydrogen) atoms. The summed E-state index contributed by atoms with van der Waals surface area (Å²) in [6.45, 7) is 4.04. The van der Waals surface area contributed by atoms with Gasteiger partial charge in [-0.1, -0.05) is 41.1 Å². The molecule has 2 amide bonds. The van der Waals surface area contributed by atoms with Crippen LogP contribution in [0.3, 0.4) is 0 Å². The molecular formula is C28H26BrN3O6S. The topological polar surface area (TPSA) is 123 Å². The fraction of sp³-hybridized carbons (Fsp3) is 0.250. The number of hydrogen-bond acceptors (Lipinski definition) is 8. The molecule has 0 spiro atoms. The van der Waals surface area contributed by atoms with Crippen LogP contribution in [0.4, 0.5) is 5.00 Å². The van der Waals surface area contributed by atoms with Crippen molar-refractivity contribution >= 4 is 62.2 Å². The van der Waals surface area contributed by atoms with Crippen molar-refractivity contribution in [2.45, 2.75) is 33.1 Å². The Bertz CT molecular complexity index is 1440. The molecule has 2 aromatic carbocycles. The van der Waals surface area contributed by atoms with Crippen molar-refractivity contribution in [3.05, 3.63) is 80.1 Å². The average molecular weight is 613 g/mol. The number of anilines is 1. The lowest BCUT2D eigenvalue weighted by molar-refractivity contribution is -0.136. The summed E-state index contributed by atoms with van der Waals surface area (Å²) in [6.07, 6.45) is 3.69. The fourth-order valence-electron chi connectivity index (χ4n) is 4.08. The summed E-state index contributed by atoms with van der Waals surface area (Å²) < 4.78 is 11.4. The van der Waals surface area contributed by atoms with Gasteiger partial charge >= 0.3 is 23.8 Å². The van der Waals surface area contributed by atoms with Crippen LogP contribution < -0.4 is 15.5 Å². The minimum Gasteiger partial charge on any atom is -0.462 e. The zero-order valence-corrected chi connectivity index (χ0v) is 23.7. The molecule has 0 fully saturated rings. The van der Waals surface area contributed by atoms with Crippen molar-refractivity contribution in [2.24, 2.45) is 11.0 Å². The molecule has 1 heterocycles. The molecular weight excluding hydrogens is 586 g/mol. The van der Waals surface area contributed by atoms with Gasteiger partial charge in [0.05, 0.1) is 23.9 Å². The highest BCUT2D eigenvalue weighted by atomic mass is 79.9. The van der Waals surface area contributed by atoms with E-state index in [0.717, 1.165) is 23.3 Å². The standard InChI is InChI=1S/C28H26BrN3O6S/c1-3-37-28(36)23-20-11-9-16(2)13-22(20)39-26(23)31-24(33)25(34)32-30-15-18-14-19(29)10-12-21(18)38-27(35)17-7-5-4-6-8-17/h4-8,10,12,14-16H,3,9,11,13H2,1-2H3,(H,31,33)(H,32,34)/b30-15-/t16-/m0/s1. The van der Waals surface area contributed by atoms with Gasteiger partial charge in [-0.3, -0.25) is 9.59 Å². The van der Waals surface area contributed by atoms with Crippen LogP contribution in [-0.4, -0.2) is 36.6 Å². The van der Waals surface area contributed by atoms with E-state index in [2.05, 4.69) is 38.7 Å². The number of nitrogens with one attached hydrogen (secondary N) is 2. The average Bonchev–Trinajstić information content (AvgIpc) is 3.27. The van der Waals surface area contributed by atoms with Crippen molar-refractivity contribution in [2.75, 3.05) is 11.9 Å². The van der Waals surface area contributed by atoms with Crippen LogP contribution in [0.25, 0.3) is 0 Å². The summed E-state index contributed by atoms with van der Waals surface area (Å²) in [6, 6.07) is 13.4. The van der Waals surface area contributed by atoms with Crippen LogP contribution in [0.5, 0.6) is 5.75 Å². The minimum absolute atomic E-state index is 0.195. The molecule has 4 rings (SSSR count). The van der Waals surface area contributed by atoms with Gasteiger partial charge in [-0.15, -0.1) is 11.3 Å². The van der Waals surface area contributed by atoms with Crippen LogP contribution in [0.2, 0.25) is 0 Å². The Kier molecular flexibility index (Phi) is 9.26. The van der Waals surface area contributed by atoms with E-state index < -0.39 is 23.8 Å². The number of fused-ring (bicyclic) bond motifs is 1. The van der Waals surface area contributed by atoms with Crippen LogP contribution in [0.15, 0.2) is 58.1 Å². The minimum atomic E-state index is -1.03. The van der Waals surface area contributed by atoms with Gasteiger partial charge in [-0.2, -0.15) is 5.10 Å². The quantitative estimate of drug-likeness (QED) is 0.126. The molecule has 0 saturated heterocycles. The van der Waals surface area contributed by atoms with Gasteiger partial charge in [0.25, 0.3) is 0 Å². The molecule has 9 nitrogen and oxygen atoms in total. The number of benzene rings is 2. The number of hydrogen-bond donors (Lipinski definition) is 2. The van der Waals surface area contributed by atoms with Crippen LogP contribution in [0.1, 0.15) is 57.0 Å². The Hall–Kier alpha value is -3.83. The van der Waals surface area contributed by atoms with Crippen molar-refractivity contribution in [1.29, 1.82) is 0 Å². The number of halogens is 1. The van der Waals surface area contributed by atoms with E-state index in [-0.39, 0.29) is 12.4 Å². The molecule has 1 aliphatic rings. The Morgan fingerprint density at radius 2 is 1.87 bits per heavy atom. The van der Waals surface area contributed by atoms with Gasteiger partial charge in [0.2, 0.25) is 0 Å². The third-order valence-electron chi connectivity index (χ3n) is 5.98. The highest BCUT2D eigenvalue weighted by Gasteiger charge is 2.30. The molecule has 3 aromatic rings. The normalized spacial score (nSPS) is 14.4. The molecule has 0 radical (unpaired) electrons. The Morgan fingerprint density at radius 3 is 2.62 bits per heavy atom. The second-order valence-corrected chi connectivity index (χ2v) is 10.9. The zero-order valence-electron chi connectivity index (χ0n) is 21.3. The molecule has 1 atom stereocenters. The lowest BCUT2D eigenvalue weighted by atomic mass is 9.88. The predicted molar refractivity (Wildman–Crippen MR) is 151 cm³/mol. The second-order valence-electron chi connectivity index (χ2n) is 8.87. The van der Waals surface area contributed by atoms with E-state index in [1.54, 1.807) is 55.5 Å². The summed E-state index contributed by atoms with van der Waals surface area (Å²) in [5, 5.41) is 6.70. The van der Waals surface area contributed by atoms with E-state index in [0.29, 0.717) is 38.5 Å². The largest absolute Gasteiger partial charge is 0.462 e. The van der Waals surface area contributed by atoms with Crippen LogP contribution in [0, 0.1) is 5.92 Å². The fourth-order valence-corrected chi connectivity index (χ4v) is 5.85. The van der Waals surface area contributed by atoms with Gasteiger partial charge in [-0.05, 0) is 68.0 Å².